The fourth-order valence-corrected chi connectivity index (χ4v) is 2.33. The van der Waals surface area contributed by atoms with Crippen LogP contribution in [0.25, 0.3) is 0 Å². The van der Waals surface area contributed by atoms with Crippen molar-refractivity contribution in [3.63, 3.8) is 0 Å². The summed E-state index contributed by atoms with van der Waals surface area (Å²) in [5, 5.41) is 14.1. The van der Waals surface area contributed by atoms with Crippen molar-refractivity contribution in [2.24, 2.45) is 0 Å². The highest BCUT2D eigenvalue weighted by molar-refractivity contribution is 6.08. The molecule has 1 aromatic heterocycles. The fraction of sp³-hybridized carbons (Fsp3) is 0.571. The van der Waals surface area contributed by atoms with Crippen LogP contribution in [-0.2, 0) is 19.7 Å². The molecule has 0 spiro atoms. The summed E-state index contributed by atoms with van der Waals surface area (Å²) < 4.78 is 15.5. The van der Waals surface area contributed by atoms with Crippen LogP contribution in [-0.4, -0.2) is 43.2 Å². The number of carbonyl (C=O) groups is 1. The monoisotopic (exact) mass is 296 g/mol. The van der Waals surface area contributed by atoms with Gasteiger partial charge in [-0.25, -0.2) is 0 Å². The molecule has 116 valence electrons. The number of methoxy groups -OCH3 is 2. The largest absolute Gasteiger partial charge is 0.496 e. The molecule has 1 atom stereocenters. The molecule has 1 aromatic rings. The van der Waals surface area contributed by atoms with E-state index >= 15 is 0 Å². The predicted octanol–water partition coefficient (Wildman–Crippen LogP) is 1.18. The van der Waals surface area contributed by atoms with Crippen LogP contribution in [0.2, 0.25) is 0 Å². The van der Waals surface area contributed by atoms with Crippen LogP contribution in [0.4, 0.5) is 5.82 Å². The fourth-order valence-electron chi connectivity index (χ4n) is 2.33. The van der Waals surface area contributed by atoms with Gasteiger partial charge in [-0.05, 0) is 6.92 Å². The Labute approximate surface area is 123 Å². The van der Waals surface area contributed by atoms with E-state index < -0.39 is 6.23 Å². The zero-order valence-corrected chi connectivity index (χ0v) is 12.8. The minimum Gasteiger partial charge on any atom is -0.496 e. The number of amides is 1. The minimum atomic E-state index is -1.19. The summed E-state index contributed by atoms with van der Waals surface area (Å²) in [6.45, 7) is 5.92. The molecular weight excluding hydrogens is 276 g/mol. The van der Waals surface area contributed by atoms with E-state index in [1.54, 1.807) is 20.1 Å². The molecule has 21 heavy (non-hydrogen) atoms. The number of aliphatic hydroxyl groups excluding tert-OH is 1. The van der Waals surface area contributed by atoms with Crippen LogP contribution in [0.15, 0.2) is 21.9 Å². The SMILES string of the molecule is COCC(C)(C)c1cc(N2C(=O)C(C)=C(OC)C2O)no1. The second-order valence-corrected chi connectivity index (χ2v) is 5.61. The van der Waals surface area contributed by atoms with Gasteiger partial charge in [0.15, 0.2) is 17.8 Å². The van der Waals surface area contributed by atoms with Gasteiger partial charge >= 0.3 is 0 Å². The molecule has 0 bridgehead atoms. The van der Waals surface area contributed by atoms with Crippen molar-refractivity contribution in [3.8, 4) is 0 Å². The van der Waals surface area contributed by atoms with Gasteiger partial charge in [-0.2, -0.15) is 0 Å². The standard InChI is InChI=1S/C14H20N2O5/c1-8-11(20-5)13(18)16(12(8)17)10-6-9(21-15-10)14(2,3)7-19-4/h6,13,18H,7H2,1-5H3. The van der Waals surface area contributed by atoms with Crippen molar-refractivity contribution in [1.29, 1.82) is 0 Å². The van der Waals surface area contributed by atoms with Crippen LogP contribution in [0.3, 0.4) is 0 Å². The van der Waals surface area contributed by atoms with Gasteiger partial charge in [0.2, 0.25) is 0 Å². The smallest absolute Gasteiger partial charge is 0.261 e. The van der Waals surface area contributed by atoms with E-state index in [-0.39, 0.29) is 22.9 Å². The van der Waals surface area contributed by atoms with Crippen LogP contribution in [0, 0.1) is 0 Å². The van der Waals surface area contributed by atoms with Gasteiger partial charge in [0.1, 0.15) is 5.76 Å². The first-order chi connectivity index (χ1) is 9.83. The summed E-state index contributed by atoms with van der Waals surface area (Å²) in [5.41, 5.74) is -0.0361. The first kappa shape index (κ1) is 15.5. The van der Waals surface area contributed by atoms with Crippen LogP contribution in [0.1, 0.15) is 26.5 Å². The van der Waals surface area contributed by atoms with E-state index in [0.717, 1.165) is 4.90 Å². The van der Waals surface area contributed by atoms with Crippen molar-refractivity contribution >= 4 is 11.7 Å². The Kier molecular flexibility index (Phi) is 4.06. The lowest BCUT2D eigenvalue weighted by molar-refractivity contribution is -0.115. The lowest BCUT2D eigenvalue weighted by Crippen LogP contribution is -2.36. The molecule has 1 amide bonds. The molecule has 1 aliphatic rings. The van der Waals surface area contributed by atoms with Gasteiger partial charge in [-0.15, -0.1) is 0 Å². The van der Waals surface area contributed by atoms with Crippen molar-refractivity contribution < 1.29 is 23.9 Å². The number of hydrogen-bond acceptors (Lipinski definition) is 6. The number of hydrogen-bond donors (Lipinski definition) is 1. The lowest BCUT2D eigenvalue weighted by Gasteiger charge is -2.20. The van der Waals surface area contributed by atoms with E-state index in [2.05, 4.69) is 5.16 Å². The van der Waals surface area contributed by atoms with Crippen molar-refractivity contribution in [3.05, 3.63) is 23.2 Å². The van der Waals surface area contributed by atoms with Crippen molar-refractivity contribution in [1.82, 2.24) is 5.16 Å². The Hall–Kier alpha value is -1.86. The van der Waals surface area contributed by atoms with Gasteiger partial charge in [0.05, 0.1) is 19.3 Å². The number of nitrogens with zero attached hydrogens (tertiary/aromatic N) is 2. The van der Waals surface area contributed by atoms with Crippen LogP contribution < -0.4 is 4.90 Å². The number of carbonyl (C=O) groups excluding carboxylic acids is 1. The van der Waals surface area contributed by atoms with Gasteiger partial charge in [-0.1, -0.05) is 19.0 Å². The summed E-state index contributed by atoms with van der Waals surface area (Å²) in [6.07, 6.45) is -1.19. The van der Waals surface area contributed by atoms with E-state index in [4.69, 9.17) is 14.0 Å². The third-order valence-electron chi connectivity index (χ3n) is 3.52. The molecule has 1 unspecified atom stereocenters. The van der Waals surface area contributed by atoms with E-state index in [9.17, 15) is 9.90 Å². The molecule has 0 saturated heterocycles. The highest BCUT2D eigenvalue weighted by Crippen LogP contribution is 2.32. The first-order valence-electron chi connectivity index (χ1n) is 6.56. The topological polar surface area (TPSA) is 85.0 Å². The predicted molar refractivity (Wildman–Crippen MR) is 74.6 cm³/mol. The Morgan fingerprint density at radius 3 is 2.67 bits per heavy atom. The highest BCUT2D eigenvalue weighted by Gasteiger charge is 2.40. The third kappa shape index (κ3) is 2.54. The molecule has 0 fully saturated rings. The molecule has 2 rings (SSSR count). The summed E-state index contributed by atoms with van der Waals surface area (Å²) in [5.74, 6) is 0.686. The molecule has 2 heterocycles. The Morgan fingerprint density at radius 2 is 2.14 bits per heavy atom. The Morgan fingerprint density at radius 1 is 1.48 bits per heavy atom. The maximum absolute atomic E-state index is 12.2. The zero-order chi connectivity index (χ0) is 15.8. The van der Waals surface area contributed by atoms with Crippen molar-refractivity contribution in [2.45, 2.75) is 32.4 Å². The Bertz CT molecular complexity index is 576. The summed E-state index contributed by atoms with van der Waals surface area (Å²) in [7, 11) is 3.01. The quantitative estimate of drug-likeness (QED) is 0.878. The van der Waals surface area contributed by atoms with Gasteiger partial charge < -0.3 is 19.1 Å². The molecule has 0 radical (unpaired) electrons. The molecule has 1 aliphatic heterocycles. The Balaban J connectivity index is 2.30. The minimum absolute atomic E-state index is 0.223. The van der Waals surface area contributed by atoms with Crippen LogP contribution >= 0.6 is 0 Å². The van der Waals surface area contributed by atoms with Gasteiger partial charge in [0, 0.05) is 18.6 Å². The molecular formula is C14H20N2O5. The van der Waals surface area contributed by atoms with E-state index in [1.165, 1.54) is 7.11 Å². The average Bonchev–Trinajstić information content (AvgIpc) is 2.96. The van der Waals surface area contributed by atoms with Crippen molar-refractivity contribution in [2.75, 3.05) is 25.7 Å². The number of anilines is 1. The van der Waals surface area contributed by atoms with Gasteiger partial charge in [0.25, 0.3) is 5.91 Å². The molecule has 1 N–H and O–H groups in total. The van der Waals surface area contributed by atoms with Crippen LogP contribution in [0.5, 0.6) is 0 Å². The molecule has 0 aromatic carbocycles. The number of aromatic nitrogens is 1. The summed E-state index contributed by atoms with van der Waals surface area (Å²) >= 11 is 0. The normalized spacial score (nSPS) is 19.6. The number of rotatable bonds is 5. The maximum atomic E-state index is 12.2. The average molecular weight is 296 g/mol. The van der Waals surface area contributed by atoms with E-state index in [1.807, 2.05) is 13.8 Å². The second-order valence-electron chi connectivity index (χ2n) is 5.61. The highest BCUT2D eigenvalue weighted by atomic mass is 16.5. The molecule has 0 aliphatic carbocycles. The second kappa shape index (κ2) is 5.50. The summed E-state index contributed by atoms with van der Waals surface area (Å²) in [4.78, 5) is 13.3. The van der Waals surface area contributed by atoms with E-state index in [0.29, 0.717) is 17.9 Å². The lowest BCUT2D eigenvalue weighted by atomic mass is 9.91. The number of ether oxygens (including phenoxy) is 2. The first-order valence-corrected chi connectivity index (χ1v) is 6.56. The molecule has 0 saturated carbocycles. The third-order valence-corrected chi connectivity index (χ3v) is 3.52. The summed E-state index contributed by atoms with van der Waals surface area (Å²) in [6, 6.07) is 1.63. The zero-order valence-electron chi connectivity index (χ0n) is 12.8. The number of aliphatic hydroxyl groups is 1. The molecule has 7 nitrogen and oxygen atoms in total. The van der Waals surface area contributed by atoms with Gasteiger partial charge in [-0.3, -0.25) is 9.69 Å². The molecule has 7 heteroatoms. The maximum Gasteiger partial charge on any atom is 0.261 e.